The maximum absolute atomic E-state index is 12.8. The SMILES string of the molecule is CNC(=O)c1ccc(NC(=O)C2CCCN(S(=O)(=O)c3ccc(C)s3)C2)cc1. The van der Waals surface area contributed by atoms with Crippen molar-refractivity contribution in [2.24, 2.45) is 5.92 Å². The predicted octanol–water partition coefficient (Wildman–Crippen LogP) is 2.46. The molecule has 9 heteroatoms. The van der Waals surface area contributed by atoms with E-state index in [1.807, 2.05) is 6.92 Å². The molecule has 1 aromatic heterocycles. The molecule has 2 N–H and O–H groups in total. The molecule has 0 bridgehead atoms. The van der Waals surface area contributed by atoms with Gasteiger partial charge in [0.15, 0.2) is 0 Å². The number of nitrogens with zero attached hydrogens (tertiary/aromatic N) is 1. The van der Waals surface area contributed by atoms with Crippen molar-refractivity contribution in [1.29, 1.82) is 0 Å². The summed E-state index contributed by atoms with van der Waals surface area (Å²) in [6.07, 6.45) is 1.27. The monoisotopic (exact) mass is 421 g/mol. The molecule has 0 radical (unpaired) electrons. The van der Waals surface area contributed by atoms with Gasteiger partial charge in [0, 0.05) is 36.3 Å². The van der Waals surface area contributed by atoms with E-state index < -0.39 is 15.9 Å². The Morgan fingerprint density at radius 3 is 2.46 bits per heavy atom. The van der Waals surface area contributed by atoms with E-state index >= 15 is 0 Å². The van der Waals surface area contributed by atoms with Crippen LogP contribution >= 0.6 is 11.3 Å². The van der Waals surface area contributed by atoms with Crippen molar-refractivity contribution in [3.05, 3.63) is 46.8 Å². The molecule has 2 aromatic rings. The summed E-state index contributed by atoms with van der Waals surface area (Å²) in [5.74, 6) is -0.826. The molecule has 0 spiro atoms. The number of benzene rings is 1. The Kier molecular flexibility index (Phi) is 6.17. The predicted molar refractivity (Wildman–Crippen MR) is 109 cm³/mol. The molecule has 1 fully saturated rings. The van der Waals surface area contributed by atoms with Crippen LogP contribution in [-0.2, 0) is 14.8 Å². The first kappa shape index (κ1) is 20.5. The number of hydrogen-bond donors (Lipinski definition) is 2. The van der Waals surface area contributed by atoms with E-state index in [9.17, 15) is 18.0 Å². The fourth-order valence-corrected chi connectivity index (χ4v) is 6.11. The molecule has 0 aliphatic carbocycles. The Morgan fingerprint density at radius 1 is 1.14 bits per heavy atom. The first-order chi connectivity index (χ1) is 13.3. The fourth-order valence-electron chi connectivity index (χ4n) is 3.15. The van der Waals surface area contributed by atoms with Crippen LogP contribution in [0.4, 0.5) is 5.69 Å². The van der Waals surface area contributed by atoms with E-state index in [1.54, 1.807) is 43.4 Å². The number of anilines is 1. The van der Waals surface area contributed by atoms with Crippen LogP contribution in [0.5, 0.6) is 0 Å². The molecule has 1 saturated heterocycles. The zero-order chi connectivity index (χ0) is 20.3. The van der Waals surface area contributed by atoms with Gasteiger partial charge in [-0.2, -0.15) is 4.31 Å². The highest BCUT2D eigenvalue weighted by Gasteiger charge is 2.34. The van der Waals surface area contributed by atoms with Crippen LogP contribution in [0.1, 0.15) is 28.1 Å². The first-order valence-electron chi connectivity index (χ1n) is 9.01. The summed E-state index contributed by atoms with van der Waals surface area (Å²) in [7, 11) is -2.02. The van der Waals surface area contributed by atoms with Gasteiger partial charge in [0.2, 0.25) is 5.91 Å². The van der Waals surface area contributed by atoms with Gasteiger partial charge in [-0.1, -0.05) is 0 Å². The number of hydrogen-bond acceptors (Lipinski definition) is 5. The lowest BCUT2D eigenvalue weighted by molar-refractivity contribution is -0.120. The second kappa shape index (κ2) is 8.42. The highest BCUT2D eigenvalue weighted by molar-refractivity contribution is 7.91. The molecule has 2 amide bonds. The Morgan fingerprint density at radius 2 is 1.86 bits per heavy atom. The lowest BCUT2D eigenvalue weighted by atomic mass is 9.98. The Balaban J connectivity index is 1.67. The van der Waals surface area contributed by atoms with Crippen LogP contribution in [0.2, 0.25) is 0 Å². The summed E-state index contributed by atoms with van der Waals surface area (Å²) >= 11 is 1.24. The molecule has 1 aliphatic rings. The van der Waals surface area contributed by atoms with E-state index in [1.165, 1.54) is 15.6 Å². The number of nitrogens with one attached hydrogen (secondary N) is 2. The van der Waals surface area contributed by atoms with E-state index in [2.05, 4.69) is 10.6 Å². The van der Waals surface area contributed by atoms with Crippen LogP contribution in [0.15, 0.2) is 40.6 Å². The smallest absolute Gasteiger partial charge is 0.252 e. The van der Waals surface area contributed by atoms with Crippen LogP contribution in [0.3, 0.4) is 0 Å². The fraction of sp³-hybridized carbons (Fsp3) is 0.368. The minimum absolute atomic E-state index is 0.168. The summed E-state index contributed by atoms with van der Waals surface area (Å²) in [4.78, 5) is 25.2. The van der Waals surface area contributed by atoms with Gasteiger partial charge >= 0.3 is 0 Å². The highest BCUT2D eigenvalue weighted by Crippen LogP contribution is 2.28. The van der Waals surface area contributed by atoms with Crippen LogP contribution < -0.4 is 10.6 Å². The lowest BCUT2D eigenvalue weighted by Gasteiger charge is -2.30. The summed E-state index contributed by atoms with van der Waals surface area (Å²) < 4.78 is 27.4. The maximum atomic E-state index is 12.8. The maximum Gasteiger partial charge on any atom is 0.252 e. The van der Waals surface area contributed by atoms with E-state index in [0.29, 0.717) is 34.8 Å². The number of thiophene rings is 1. The van der Waals surface area contributed by atoms with Crippen molar-refractivity contribution in [2.75, 3.05) is 25.5 Å². The van der Waals surface area contributed by atoms with Gasteiger partial charge in [-0.05, 0) is 56.2 Å². The molecule has 28 heavy (non-hydrogen) atoms. The third kappa shape index (κ3) is 4.43. The van der Waals surface area contributed by atoms with Gasteiger partial charge in [0.25, 0.3) is 15.9 Å². The summed E-state index contributed by atoms with van der Waals surface area (Å²) in [6, 6.07) is 9.99. The zero-order valence-corrected chi connectivity index (χ0v) is 17.4. The second-order valence-electron chi connectivity index (χ2n) is 6.71. The van der Waals surface area contributed by atoms with Crippen molar-refractivity contribution < 1.29 is 18.0 Å². The van der Waals surface area contributed by atoms with E-state index in [0.717, 1.165) is 4.88 Å². The molecule has 1 aliphatic heterocycles. The quantitative estimate of drug-likeness (QED) is 0.775. The van der Waals surface area contributed by atoms with Crippen LogP contribution in [-0.4, -0.2) is 44.7 Å². The Bertz CT molecular complexity index is 967. The lowest BCUT2D eigenvalue weighted by Crippen LogP contribution is -2.43. The van der Waals surface area contributed by atoms with Crippen LogP contribution in [0.25, 0.3) is 0 Å². The van der Waals surface area contributed by atoms with Gasteiger partial charge in [0.05, 0.1) is 5.92 Å². The number of sulfonamides is 1. The van der Waals surface area contributed by atoms with Crippen molar-refractivity contribution in [2.45, 2.75) is 24.0 Å². The van der Waals surface area contributed by atoms with Gasteiger partial charge < -0.3 is 10.6 Å². The summed E-state index contributed by atoms with van der Waals surface area (Å²) in [5.41, 5.74) is 1.08. The molecule has 150 valence electrons. The number of amides is 2. The molecule has 7 nitrogen and oxygen atoms in total. The van der Waals surface area contributed by atoms with Gasteiger partial charge in [-0.15, -0.1) is 11.3 Å². The topological polar surface area (TPSA) is 95.6 Å². The van der Waals surface area contributed by atoms with Gasteiger partial charge in [-0.3, -0.25) is 9.59 Å². The van der Waals surface area contributed by atoms with Gasteiger partial charge in [0.1, 0.15) is 4.21 Å². The second-order valence-corrected chi connectivity index (χ2v) is 10.2. The minimum Gasteiger partial charge on any atom is -0.355 e. The largest absolute Gasteiger partial charge is 0.355 e. The number of carbonyl (C=O) groups excluding carboxylic acids is 2. The highest BCUT2D eigenvalue weighted by atomic mass is 32.2. The number of aryl methyl sites for hydroxylation is 1. The normalized spacial score (nSPS) is 17.9. The van der Waals surface area contributed by atoms with Crippen LogP contribution in [0, 0.1) is 12.8 Å². The molecular weight excluding hydrogens is 398 g/mol. The number of piperidine rings is 1. The molecule has 3 rings (SSSR count). The number of rotatable bonds is 5. The summed E-state index contributed by atoms with van der Waals surface area (Å²) in [6.45, 7) is 2.46. The molecule has 1 atom stereocenters. The zero-order valence-electron chi connectivity index (χ0n) is 15.8. The molecule has 1 unspecified atom stereocenters. The van der Waals surface area contributed by atoms with Crippen molar-refractivity contribution in [3.63, 3.8) is 0 Å². The average Bonchev–Trinajstić information content (AvgIpc) is 3.15. The van der Waals surface area contributed by atoms with E-state index in [-0.39, 0.29) is 18.4 Å². The molecular formula is C19H23N3O4S2. The third-order valence-corrected chi connectivity index (χ3v) is 8.04. The van der Waals surface area contributed by atoms with Crippen molar-refractivity contribution in [3.8, 4) is 0 Å². The Labute approximate surface area is 168 Å². The van der Waals surface area contributed by atoms with Crippen molar-refractivity contribution >= 4 is 38.9 Å². The number of carbonyl (C=O) groups is 2. The third-order valence-electron chi connectivity index (χ3n) is 4.71. The first-order valence-corrected chi connectivity index (χ1v) is 11.3. The molecule has 2 heterocycles. The standard InChI is InChI=1S/C19H23N3O4S2/c1-13-5-10-17(27-13)28(25,26)22-11-3-4-15(12-22)19(24)21-16-8-6-14(7-9-16)18(23)20-2/h5-10,15H,3-4,11-12H2,1-2H3,(H,20,23)(H,21,24). The van der Waals surface area contributed by atoms with E-state index in [4.69, 9.17) is 0 Å². The summed E-state index contributed by atoms with van der Waals surface area (Å²) in [5, 5.41) is 5.36. The average molecular weight is 422 g/mol. The molecule has 1 aromatic carbocycles. The van der Waals surface area contributed by atoms with Gasteiger partial charge in [-0.25, -0.2) is 8.42 Å². The molecule has 0 saturated carbocycles. The Hall–Kier alpha value is -2.23. The minimum atomic E-state index is -3.57. The van der Waals surface area contributed by atoms with Crippen molar-refractivity contribution in [1.82, 2.24) is 9.62 Å².